The lowest BCUT2D eigenvalue weighted by molar-refractivity contribution is 0.00578. The Morgan fingerprint density at radius 1 is 1.14 bits per heavy atom. The number of esters is 1. The van der Waals surface area contributed by atoms with Gasteiger partial charge in [0.2, 0.25) is 0 Å². The second kappa shape index (κ2) is 4.86. The average molecular weight is 301 g/mol. The van der Waals surface area contributed by atoms with Gasteiger partial charge in [0.05, 0.1) is 23.9 Å². The quantitative estimate of drug-likeness (QED) is 0.683. The summed E-state index contributed by atoms with van der Waals surface area (Å²) < 4.78 is 16.8. The number of carbonyl (C=O) groups excluding carboxylic acids is 1. The van der Waals surface area contributed by atoms with Crippen LogP contribution in [-0.4, -0.2) is 36.4 Å². The van der Waals surface area contributed by atoms with Gasteiger partial charge in [0, 0.05) is 11.1 Å². The van der Waals surface area contributed by atoms with Crippen LogP contribution in [0.5, 0.6) is 0 Å². The van der Waals surface area contributed by atoms with Crippen LogP contribution in [0.15, 0.2) is 24.3 Å². The van der Waals surface area contributed by atoms with Crippen molar-refractivity contribution in [1.29, 1.82) is 0 Å². The molecule has 1 N–H and O–H groups in total. The van der Waals surface area contributed by atoms with Crippen molar-refractivity contribution in [2.75, 3.05) is 7.11 Å². The Kier molecular flexibility index (Phi) is 3.34. The standard InChI is InChI=1S/C16H20BNO4/c1-15(2)16(3,4)22-17(21-15)13-9-10-6-7-11(14(19)20-5)8-12(10)18-13/h6-9,18H,1-5H3. The fourth-order valence-corrected chi connectivity index (χ4v) is 2.49. The van der Waals surface area contributed by atoms with Gasteiger partial charge in [-0.3, -0.25) is 0 Å². The van der Waals surface area contributed by atoms with E-state index in [1.165, 1.54) is 7.11 Å². The molecule has 0 spiro atoms. The Morgan fingerprint density at radius 2 is 1.77 bits per heavy atom. The Bertz CT molecular complexity index is 719. The third-order valence-electron chi connectivity index (χ3n) is 4.57. The minimum Gasteiger partial charge on any atom is -0.465 e. The summed E-state index contributed by atoms with van der Waals surface area (Å²) in [6.07, 6.45) is 0. The van der Waals surface area contributed by atoms with E-state index in [2.05, 4.69) is 4.98 Å². The number of carbonyl (C=O) groups is 1. The zero-order valence-corrected chi connectivity index (χ0v) is 13.5. The zero-order valence-electron chi connectivity index (χ0n) is 13.5. The lowest BCUT2D eigenvalue weighted by Crippen LogP contribution is -2.41. The number of hydrogen-bond acceptors (Lipinski definition) is 4. The minimum atomic E-state index is -0.445. The number of ether oxygens (including phenoxy) is 1. The maximum atomic E-state index is 11.6. The highest BCUT2D eigenvalue weighted by Gasteiger charge is 2.52. The van der Waals surface area contributed by atoms with E-state index < -0.39 is 7.12 Å². The molecule has 5 nitrogen and oxygen atoms in total. The molecule has 2 aromatic rings. The first-order valence-corrected chi connectivity index (χ1v) is 7.30. The first-order chi connectivity index (χ1) is 10.2. The topological polar surface area (TPSA) is 60.6 Å². The van der Waals surface area contributed by atoms with Crippen molar-refractivity contribution in [1.82, 2.24) is 4.98 Å². The Morgan fingerprint density at radius 3 is 2.36 bits per heavy atom. The minimum absolute atomic E-state index is 0.353. The third kappa shape index (κ3) is 2.32. The number of aromatic amines is 1. The van der Waals surface area contributed by atoms with Crippen molar-refractivity contribution in [2.45, 2.75) is 38.9 Å². The van der Waals surface area contributed by atoms with Gasteiger partial charge >= 0.3 is 13.1 Å². The van der Waals surface area contributed by atoms with E-state index in [-0.39, 0.29) is 17.2 Å². The number of fused-ring (bicyclic) bond motifs is 1. The van der Waals surface area contributed by atoms with Crippen LogP contribution in [-0.2, 0) is 14.0 Å². The molecule has 1 aromatic carbocycles. The van der Waals surface area contributed by atoms with E-state index >= 15 is 0 Å². The lowest BCUT2D eigenvalue weighted by Gasteiger charge is -2.32. The van der Waals surface area contributed by atoms with Crippen LogP contribution in [0, 0.1) is 0 Å². The van der Waals surface area contributed by atoms with E-state index in [9.17, 15) is 4.79 Å². The maximum Gasteiger partial charge on any atom is 0.512 e. The molecular formula is C16H20BNO4. The second-order valence-electron chi connectivity index (χ2n) is 6.61. The van der Waals surface area contributed by atoms with E-state index in [0.29, 0.717) is 5.56 Å². The van der Waals surface area contributed by atoms with Crippen molar-refractivity contribution in [3.05, 3.63) is 29.8 Å². The number of hydrogen-bond donors (Lipinski definition) is 1. The monoisotopic (exact) mass is 301 g/mol. The van der Waals surface area contributed by atoms with Crippen LogP contribution >= 0.6 is 0 Å². The SMILES string of the molecule is COC(=O)c1ccc2cc(B3OC(C)(C)C(C)(C)O3)[nH]c2c1. The fourth-order valence-electron chi connectivity index (χ4n) is 2.49. The van der Waals surface area contributed by atoms with Crippen molar-refractivity contribution in [3.8, 4) is 0 Å². The van der Waals surface area contributed by atoms with E-state index in [1.807, 2.05) is 39.8 Å². The predicted molar refractivity (Wildman–Crippen MR) is 85.4 cm³/mol. The van der Waals surface area contributed by atoms with Crippen molar-refractivity contribution in [3.63, 3.8) is 0 Å². The van der Waals surface area contributed by atoms with Crippen LogP contribution in [0.4, 0.5) is 0 Å². The van der Waals surface area contributed by atoms with Crippen LogP contribution in [0.3, 0.4) is 0 Å². The molecule has 0 unspecified atom stereocenters. The highest BCUT2D eigenvalue weighted by molar-refractivity contribution is 6.61. The summed E-state index contributed by atoms with van der Waals surface area (Å²) in [5.41, 5.74) is 1.44. The van der Waals surface area contributed by atoms with Gasteiger partial charge in [-0.25, -0.2) is 4.79 Å². The molecular weight excluding hydrogens is 281 g/mol. The van der Waals surface area contributed by atoms with E-state index in [4.69, 9.17) is 14.0 Å². The second-order valence-corrected chi connectivity index (χ2v) is 6.61. The molecule has 1 saturated heterocycles. The summed E-state index contributed by atoms with van der Waals surface area (Å²) >= 11 is 0. The third-order valence-corrected chi connectivity index (χ3v) is 4.57. The van der Waals surface area contributed by atoms with Gasteiger partial charge < -0.3 is 19.0 Å². The lowest BCUT2D eigenvalue weighted by atomic mass is 9.85. The molecule has 2 heterocycles. The van der Waals surface area contributed by atoms with Gasteiger partial charge in [-0.2, -0.15) is 0 Å². The summed E-state index contributed by atoms with van der Waals surface area (Å²) in [4.78, 5) is 14.9. The molecule has 0 aliphatic carbocycles. The normalized spacial score (nSPS) is 19.6. The van der Waals surface area contributed by atoms with Gasteiger partial charge in [-0.05, 0) is 51.3 Å². The summed E-state index contributed by atoms with van der Waals surface area (Å²) in [5.74, 6) is -0.353. The highest BCUT2D eigenvalue weighted by Crippen LogP contribution is 2.36. The molecule has 22 heavy (non-hydrogen) atoms. The fraction of sp³-hybridized carbons (Fsp3) is 0.438. The van der Waals surface area contributed by atoms with E-state index in [1.54, 1.807) is 12.1 Å². The van der Waals surface area contributed by atoms with Gasteiger partial charge in [-0.1, -0.05) is 6.07 Å². The van der Waals surface area contributed by atoms with Crippen molar-refractivity contribution >= 4 is 29.6 Å². The number of nitrogens with one attached hydrogen (secondary N) is 1. The molecule has 1 aliphatic rings. The Hall–Kier alpha value is -1.79. The summed E-state index contributed by atoms with van der Waals surface area (Å²) in [6, 6.07) is 7.39. The first kappa shape index (κ1) is 15.1. The van der Waals surface area contributed by atoms with Gasteiger partial charge in [-0.15, -0.1) is 0 Å². The molecule has 3 rings (SSSR count). The molecule has 1 fully saturated rings. The molecule has 1 aliphatic heterocycles. The van der Waals surface area contributed by atoms with E-state index in [0.717, 1.165) is 16.5 Å². The highest BCUT2D eigenvalue weighted by atomic mass is 16.7. The van der Waals surface area contributed by atoms with Crippen molar-refractivity contribution in [2.24, 2.45) is 0 Å². The molecule has 0 amide bonds. The number of H-pyrrole nitrogens is 1. The zero-order chi connectivity index (χ0) is 16.1. The summed E-state index contributed by atoms with van der Waals surface area (Å²) in [7, 11) is 0.927. The number of aromatic nitrogens is 1. The molecule has 6 heteroatoms. The molecule has 0 saturated carbocycles. The van der Waals surface area contributed by atoms with Gasteiger partial charge in [0.1, 0.15) is 0 Å². The van der Waals surface area contributed by atoms with Gasteiger partial charge in [0.15, 0.2) is 0 Å². The molecule has 0 bridgehead atoms. The molecule has 116 valence electrons. The predicted octanol–water partition coefficient (Wildman–Crippen LogP) is 2.25. The number of rotatable bonds is 2. The molecule has 0 atom stereocenters. The Balaban J connectivity index is 1.95. The largest absolute Gasteiger partial charge is 0.512 e. The molecule has 1 aromatic heterocycles. The van der Waals surface area contributed by atoms with Crippen molar-refractivity contribution < 1.29 is 18.8 Å². The maximum absolute atomic E-state index is 11.6. The summed E-state index contributed by atoms with van der Waals surface area (Å²) in [5, 5.41) is 0.998. The van der Waals surface area contributed by atoms with Gasteiger partial charge in [0.25, 0.3) is 0 Å². The average Bonchev–Trinajstić information content (AvgIpc) is 2.96. The first-order valence-electron chi connectivity index (χ1n) is 7.30. The number of benzene rings is 1. The van der Waals surface area contributed by atoms with Crippen LogP contribution < -0.4 is 5.59 Å². The Labute approximate surface area is 130 Å². The number of methoxy groups -OCH3 is 1. The molecule has 0 radical (unpaired) electrons. The summed E-state index contributed by atoms with van der Waals surface area (Å²) in [6.45, 7) is 8.08. The smallest absolute Gasteiger partial charge is 0.465 e. The van der Waals surface area contributed by atoms with Crippen LogP contribution in [0.1, 0.15) is 38.1 Å². The van der Waals surface area contributed by atoms with Crippen LogP contribution in [0.25, 0.3) is 10.9 Å². The van der Waals surface area contributed by atoms with Crippen LogP contribution in [0.2, 0.25) is 0 Å².